The van der Waals surface area contributed by atoms with Gasteiger partial charge in [-0.2, -0.15) is 10.5 Å². The summed E-state index contributed by atoms with van der Waals surface area (Å²) in [6.07, 6.45) is 0.803. The number of nitrogens with zero attached hydrogens (tertiary/aromatic N) is 2. The van der Waals surface area contributed by atoms with Crippen molar-refractivity contribution < 1.29 is 4.79 Å². The largest absolute Gasteiger partial charge is 0.298 e. The minimum absolute atomic E-state index is 0.158. The number of rotatable bonds is 2. The lowest BCUT2D eigenvalue weighted by Gasteiger charge is -2.03. The van der Waals surface area contributed by atoms with E-state index >= 15 is 0 Å². The molecule has 0 amide bonds. The standard InChI is InChI=1S/C11H8N2O/c1-8-4-9(2-3-12)11(6-13)10(5-8)7-14/h4-5,7H,2H2,1H3. The zero-order valence-corrected chi connectivity index (χ0v) is 7.74. The summed E-state index contributed by atoms with van der Waals surface area (Å²) in [6.45, 7) is 1.83. The fourth-order valence-corrected chi connectivity index (χ4v) is 1.35. The van der Waals surface area contributed by atoms with Gasteiger partial charge in [0, 0.05) is 5.56 Å². The molecule has 0 aliphatic carbocycles. The van der Waals surface area contributed by atoms with Crippen LogP contribution in [0.15, 0.2) is 12.1 Å². The van der Waals surface area contributed by atoms with Crippen LogP contribution in [0.25, 0.3) is 0 Å². The average molecular weight is 184 g/mol. The first-order valence-electron chi connectivity index (χ1n) is 4.08. The zero-order valence-electron chi connectivity index (χ0n) is 7.74. The fourth-order valence-electron chi connectivity index (χ4n) is 1.35. The van der Waals surface area contributed by atoms with Crippen LogP contribution in [-0.2, 0) is 6.42 Å². The van der Waals surface area contributed by atoms with Crippen LogP contribution in [0.2, 0.25) is 0 Å². The van der Waals surface area contributed by atoms with Crippen molar-refractivity contribution in [2.45, 2.75) is 13.3 Å². The van der Waals surface area contributed by atoms with E-state index in [-0.39, 0.29) is 6.42 Å². The second-order valence-electron chi connectivity index (χ2n) is 2.95. The quantitative estimate of drug-likeness (QED) is 0.657. The van der Waals surface area contributed by atoms with Gasteiger partial charge in [0.15, 0.2) is 6.29 Å². The lowest BCUT2D eigenvalue weighted by Crippen LogP contribution is -1.96. The van der Waals surface area contributed by atoms with Crippen molar-refractivity contribution in [3.63, 3.8) is 0 Å². The van der Waals surface area contributed by atoms with Crippen LogP contribution < -0.4 is 0 Å². The second-order valence-corrected chi connectivity index (χ2v) is 2.95. The van der Waals surface area contributed by atoms with E-state index in [2.05, 4.69) is 0 Å². The van der Waals surface area contributed by atoms with Crippen LogP contribution >= 0.6 is 0 Å². The van der Waals surface area contributed by atoms with Crippen molar-refractivity contribution >= 4 is 6.29 Å². The van der Waals surface area contributed by atoms with Crippen molar-refractivity contribution in [3.05, 3.63) is 34.4 Å². The molecule has 14 heavy (non-hydrogen) atoms. The van der Waals surface area contributed by atoms with Crippen molar-refractivity contribution in [3.8, 4) is 12.1 Å². The summed E-state index contributed by atoms with van der Waals surface area (Å²) >= 11 is 0. The van der Waals surface area contributed by atoms with Crippen LogP contribution in [0.3, 0.4) is 0 Å². The molecule has 0 radical (unpaired) electrons. The SMILES string of the molecule is Cc1cc(C=O)c(C#N)c(CC#N)c1. The first kappa shape index (κ1) is 9.95. The van der Waals surface area contributed by atoms with E-state index < -0.39 is 0 Å². The number of carbonyl (C=O) groups is 1. The Morgan fingerprint density at radius 3 is 2.64 bits per heavy atom. The number of carbonyl (C=O) groups excluding carboxylic acids is 1. The van der Waals surface area contributed by atoms with Gasteiger partial charge in [-0.15, -0.1) is 0 Å². The minimum atomic E-state index is 0.158. The van der Waals surface area contributed by atoms with Crippen molar-refractivity contribution in [2.75, 3.05) is 0 Å². The van der Waals surface area contributed by atoms with Crippen LogP contribution in [0.1, 0.15) is 27.0 Å². The molecule has 0 spiro atoms. The van der Waals surface area contributed by atoms with E-state index in [0.29, 0.717) is 23.0 Å². The predicted octanol–water partition coefficient (Wildman–Crippen LogP) is 1.75. The van der Waals surface area contributed by atoms with Gasteiger partial charge in [-0.25, -0.2) is 0 Å². The minimum Gasteiger partial charge on any atom is -0.298 e. The van der Waals surface area contributed by atoms with E-state index in [4.69, 9.17) is 10.5 Å². The van der Waals surface area contributed by atoms with E-state index in [1.165, 1.54) is 0 Å². The van der Waals surface area contributed by atoms with E-state index in [1.54, 1.807) is 12.1 Å². The van der Waals surface area contributed by atoms with Gasteiger partial charge in [0.2, 0.25) is 0 Å². The summed E-state index contributed by atoms with van der Waals surface area (Å²) < 4.78 is 0. The molecule has 0 aliphatic rings. The summed E-state index contributed by atoms with van der Waals surface area (Å²) in [7, 11) is 0. The molecule has 68 valence electrons. The Morgan fingerprint density at radius 2 is 2.14 bits per heavy atom. The maximum Gasteiger partial charge on any atom is 0.151 e. The van der Waals surface area contributed by atoms with Crippen molar-refractivity contribution in [1.29, 1.82) is 10.5 Å². The molecule has 0 atom stereocenters. The van der Waals surface area contributed by atoms with Gasteiger partial charge < -0.3 is 0 Å². The molecule has 1 aromatic carbocycles. The highest BCUT2D eigenvalue weighted by atomic mass is 16.1. The Labute approximate surface area is 82.2 Å². The topological polar surface area (TPSA) is 64.7 Å². The summed E-state index contributed by atoms with van der Waals surface area (Å²) in [4.78, 5) is 10.7. The molecular weight excluding hydrogens is 176 g/mol. The predicted molar refractivity (Wildman–Crippen MR) is 50.6 cm³/mol. The summed E-state index contributed by atoms with van der Waals surface area (Å²) in [5, 5.41) is 17.4. The van der Waals surface area contributed by atoms with Crippen LogP contribution in [-0.4, -0.2) is 6.29 Å². The molecular formula is C11H8N2O. The number of nitriles is 2. The Bertz CT molecular complexity index is 450. The molecule has 3 nitrogen and oxygen atoms in total. The number of aldehydes is 1. The summed E-state index contributed by atoms with van der Waals surface area (Å²) in [5.74, 6) is 0. The molecule has 0 saturated carbocycles. The monoisotopic (exact) mass is 184 g/mol. The Balaban J connectivity index is 3.42. The van der Waals surface area contributed by atoms with Gasteiger partial charge in [-0.1, -0.05) is 11.6 Å². The van der Waals surface area contributed by atoms with Gasteiger partial charge in [0.05, 0.1) is 18.1 Å². The maximum absolute atomic E-state index is 10.7. The highest BCUT2D eigenvalue weighted by Crippen LogP contribution is 2.15. The molecule has 0 heterocycles. The molecule has 0 bridgehead atoms. The summed E-state index contributed by atoms with van der Waals surface area (Å²) in [5.41, 5.74) is 2.18. The first-order valence-corrected chi connectivity index (χ1v) is 4.08. The first-order chi connectivity index (χ1) is 6.72. The Kier molecular flexibility index (Phi) is 2.99. The Hall–Kier alpha value is -2.13. The molecule has 0 saturated heterocycles. The molecule has 3 heteroatoms. The normalized spacial score (nSPS) is 8.79. The smallest absolute Gasteiger partial charge is 0.151 e. The van der Waals surface area contributed by atoms with E-state index in [0.717, 1.165) is 5.56 Å². The third-order valence-corrected chi connectivity index (χ3v) is 1.90. The third kappa shape index (κ3) is 1.78. The highest BCUT2D eigenvalue weighted by Gasteiger charge is 2.08. The highest BCUT2D eigenvalue weighted by molar-refractivity contribution is 5.80. The number of hydrogen-bond donors (Lipinski definition) is 0. The number of hydrogen-bond acceptors (Lipinski definition) is 3. The lowest BCUT2D eigenvalue weighted by atomic mass is 9.98. The van der Waals surface area contributed by atoms with Crippen molar-refractivity contribution in [1.82, 2.24) is 0 Å². The van der Waals surface area contributed by atoms with Gasteiger partial charge in [-0.3, -0.25) is 4.79 Å². The lowest BCUT2D eigenvalue weighted by molar-refractivity contribution is 0.112. The van der Waals surface area contributed by atoms with E-state index in [1.807, 2.05) is 19.1 Å². The maximum atomic E-state index is 10.7. The second kappa shape index (κ2) is 4.20. The third-order valence-electron chi connectivity index (χ3n) is 1.90. The number of benzene rings is 1. The van der Waals surface area contributed by atoms with Gasteiger partial charge in [0.1, 0.15) is 6.07 Å². The summed E-state index contributed by atoms with van der Waals surface area (Å²) in [6, 6.07) is 7.32. The van der Waals surface area contributed by atoms with Gasteiger partial charge in [0.25, 0.3) is 0 Å². The molecule has 1 rings (SSSR count). The van der Waals surface area contributed by atoms with Crippen LogP contribution in [0, 0.1) is 29.6 Å². The van der Waals surface area contributed by atoms with Crippen LogP contribution in [0.5, 0.6) is 0 Å². The number of aryl methyl sites for hydroxylation is 1. The molecule has 0 aromatic heterocycles. The Morgan fingerprint density at radius 1 is 1.43 bits per heavy atom. The molecule has 1 aromatic rings. The fraction of sp³-hybridized carbons (Fsp3) is 0.182. The average Bonchev–Trinajstić information content (AvgIpc) is 2.17. The van der Waals surface area contributed by atoms with E-state index in [9.17, 15) is 4.79 Å². The van der Waals surface area contributed by atoms with Crippen LogP contribution in [0.4, 0.5) is 0 Å². The van der Waals surface area contributed by atoms with Crippen molar-refractivity contribution in [2.24, 2.45) is 0 Å². The zero-order chi connectivity index (χ0) is 10.6. The molecule has 0 aliphatic heterocycles. The van der Waals surface area contributed by atoms with Gasteiger partial charge in [-0.05, 0) is 18.6 Å². The molecule has 0 unspecified atom stereocenters. The van der Waals surface area contributed by atoms with Gasteiger partial charge >= 0.3 is 0 Å². The molecule has 0 fully saturated rings. The molecule has 0 N–H and O–H groups in total.